The van der Waals surface area contributed by atoms with E-state index in [1.807, 2.05) is 30.3 Å². The highest BCUT2D eigenvalue weighted by Crippen LogP contribution is 2.24. The number of hydrogen-bond acceptors (Lipinski definition) is 1. The Morgan fingerprint density at radius 2 is 2.00 bits per heavy atom. The third-order valence-corrected chi connectivity index (χ3v) is 2.76. The summed E-state index contributed by atoms with van der Waals surface area (Å²) >= 11 is 5.74. The molecule has 0 fully saturated rings. The predicted molar refractivity (Wildman–Crippen MR) is 53.7 cm³/mol. The maximum atomic E-state index is 11.2. The Hall–Kier alpha value is -1.02. The largest absolute Gasteiger partial charge is 0.369 e. The summed E-state index contributed by atoms with van der Waals surface area (Å²) in [5, 5.41) is 0. The van der Waals surface area contributed by atoms with Crippen LogP contribution in [0.1, 0.15) is 12.5 Å². The Morgan fingerprint density at radius 1 is 1.46 bits per heavy atom. The van der Waals surface area contributed by atoms with Gasteiger partial charge < -0.3 is 5.73 Å². The predicted octanol–water partition coefficient (Wildman–Crippen LogP) is 1.67. The van der Waals surface area contributed by atoms with Gasteiger partial charge in [0.1, 0.15) is 0 Å². The second kappa shape index (κ2) is 3.79. The fourth-order valence-corrected chi connectivity index (χ4v) is 1.38. The van der Waals surface area contributed by atoms with E-state index in [0.717, 1.165) is 5.56 Å². The van der Waals surface area contributed by atoms with E-state index >= 15 is 0 Å². The maximum Gasteiger partial charge on any atom is 0.229 e. The number of primary amides is 1. The van der Waals surface area contributed by atoms with Crippen molar-refractivity contribution in [1.29, 1.82) is 0 Å². The van der Waals surface area contributed by atoms with Crippen molar-refractivity contribution in [3.8, 4) is 0 Å². The lowest BCUT2D eigenvalue weighted by atomic mass is 9.84. The fourth-order valence-electron chi connectivity index (χ4n) is 1.09. The number of amides is 1. The zero-order chi connectivity index (χ0) is 9.90. The van der Waals surface area contributed by atoms with Crippen LogP contribution in [0.5, 0.6) is 0 Å². The molecule has 2 N–H and O–H groups in total. The summed E-state index contributed by atoms with van der Waals surface area (Å²) in [6, 6.07) is 9.32. The lowest BCUT2D eigenvalue weighted by molar-refractivity contribution is -0.122. The summed E-state index contributed by atoms with van der Waals surface area (Å²) < 4.78 is 0. The van der Waals surface area contributed by atoms with Gasteiger partial charge in [-0.05, 0) is 12.5 Å². The first-order valence-electron chi connectivity index (χ1n) is 4.02. The van der Waals surface area contributed by atoms with Crippen LogP contribution < -0.4 is 5.73 Å². The summed E-state index contributed by atoms with van der Waals surface area (Å²) in [5.41, 5.74) is 5.39. The first-order valence-corrected chi connectivity index (χ1v) is 4.56. The van der Waals surface area contributed by atoms with Gasteiger partial charge in [-0.2, -0.15) is 0 Å². The fraction of sp³-hybridized carbons (Fsp3) is 0.300. The van der Waals surface area contributed by atoms with E-state index in [9.17, 15) is 4.79 Å². The second-order valence-corrected chi connectivity index (χ2v) is 3.46. The van der Waals surface area contributed by atoms with Crippen LogP contribution in [0.4, 0.5) is 0 Å². The molecule has 0 aromatic heterocycles. The van der Waals surface area contributed by atoms with E-state index in [2.05, 4.69) is 0 Å². The average Bonchev–Trinajstić information content (AvgIpc) is 2.17. The van der Waals surface area contributed by atoms with Crippen molar-refractivity contribution in [3.63, 3.8) is 0 Å². The standard InChI is InChI=1S/C10H12ClNO/c1-10(7-11,9(12)13)8-5-3-2-4-6-8/h2-6H,7H2,1H3,(H2,12,13). The minimum Gasteiger partial charge on any atom is -0.369 e. The molecule has 13 heavy (non-hydrogen) atoms. The van der Waals surface area contributed by atoms with E-state index in [4.69, 9.17) is 17.3 Å². The van der Waals surface area contributed by atoms with Gasteiger partial charge in [-0.3, -0.25) is 4.79 Å². The monoisotopic (exact) mass is 197 g/mol. The van der Waals surface area contributed by atoms with Crippen LogP contribution >= 0.6 is 11.6 Å². The summed E-state index contributed by atoms with van der Waals surface area (Å²) in [7, 11) is 0. The molecule has 0 aliphatic heterocycles. The number of nitrogens with two attached hydrogens (primary N) is 1. The summed E-state index contributed by atoms with van der Waals surface area (Å²) in [6.45, 7) is 1.75. The van der Waals surface area contributed by atoms with Gasteiger partial charge in [0.05, 0.1) is 5.41 Å². The number of rotatable bonds is 3. The van der Waals surface area contributed by atoms with Gasteiger partial charge in [0.2, 0.25) is 5.91 Å². The molecule has 1 amide bonds. The van der Waals surface area contributed by atoms with Crippen molar-refractivity contribution in [1.82, 2.24) is 0 Å². The van der Waals surface area contributed by atoms with Crippen molar-refractivity contribution >= 4 is 17.5 Å². The van der Waals surface area contributed by atoms with Gasteiger partial charge in [0.15, 0.2) is 0 Å². The molecule has 0 bridgehead atoms. The smallest absolute Gasteiger partial charge is 0.229 e. The third-order valence-electron chi connectivity index (χ3n) is 2.22. The molecule has 1 rings (SSSR count). The highest BCUT2D eigenvalue weighted by molar-refractivity contribution is 6.20. The topological polar surface area (TPSA) is 43.1 Å². The average molecular weight is 198 g/mol. The molecule has 0 radical (unpaired) electrons. The van der Waals surface area contributed by atoms with Crippen molar-refractivity contribution in [2.24, 2.45) is 5.73 Å². The number of carbonyl (C=O) groups excluding carboxylic acids is 1. The zero-order valence-corrected chi connectivity index (χ0v) is 8.21. The lowest BCUT2D eigenvalue weighted by Crippen LogP contribution is -2.40. The van der Waals surface area contributed by atoms with Gasteiger partial charge in [-0.25, -0.2) is 0 Å². The number of benzene rings is 1. The molecule has 1 aromatic carbocycles. The van der Waals surface area contributed by atoms with Crippen LogP contribution in [0.3, 0.4) is 0 Å². The Bertz CT molecular complexity index is 299. The molecule has 0 aliphatic rings. The lowest BCUT2D eigenvalue weighted by Gasteiger charge is -2.23. The molecule has 1 aromatic rings. The van der Waals surface area contributed by atoms with Crippen molar-refractivity contribution in [3.05, 3.63) is 35.9 Å². The summed E-state index contributed by atoms with van der Waals surface area (Å²) in [5.74, 6) is -0.194. The summed E-state index contributed by atoms with van der Waals surface area (Å²) in [6.07, 6.45) is 0. The van der Waals surface area contributed by atoms with Gasteiger partial charge in [-0.1, -0.05) is 30.3 Å². The molecule has 2 nitrogen and oxygen atoms in total. The minimum atomic E-state index is -0.761. The van der Waals surface area contributed by atoms with Gasteiger partial charge in [0.25, 0.3) is 0 Å². The van der Waals surface area contributed by atoms with Crippen LogP contribution in [0.2, 0.25) is 0 Å². The highest BCUT2D eigenvalue weighted by atomic mass is 35.5. The minimum absolute atomic E-state index is 0.201. The molecule has 3 heteroatoms. The van der Waals surface area contributed by atoms with E-state index in [1.54, 1.807) is 6.92 Å². The van der Waals surface area contributed by atoms with Crippen LogP contribution in [0.15, 0.2) is 30.3 Å². The molecule has 1 atom stereocenters. The number of halogens is 1. The van der Waals surface area contributed by atoms with Crippen LogP contribution in [0, 0.1) is 0 Å². The van der Waals surface area contributed by atoms with Gasteiger partial charge in [-0.15, -0.1) is 11.6 Å². The Morgan fingerprint density at radius 3 is 2.38 bits per heavy atom. The first kappa shape index (κ1) is 10.1. The van der Waals surface area contributed by atoms with Crippen LogP contribution in [0.25, 0.3) is 0 Å². The van der Waals surface area contributed by atoms with Crippen LogP contribution in [-0.4, -0.2) is 11.8 Å². The number of carbonyl (C=O) groups is 1. The van der Waals surface area contributed by atoms with Crippen LogP contribution in [-0.2, 0) is 10.2 Å². The Labute approximate surface area is 82.7 Å². The summed E-state index contributed by atoms with van der Waals surface area (Å²) in [4.78, 5) is 11.2. The molecule has 0 heterocycles. The third kappa shape index (κ3) is 1.83. The van der Waals surface area contributed by atoms with Crippen molar-refractivity contribution in [2.45, 2.75) is 12.3 Å². The number of alkyl halides is 1. The van der Waals surface area contributed by atoms with Gasteiger partial charge >= 0.3 is 0 Å². The van der Waals surface area contributed by atoms with E-state index in [-0.39, 0.29) is 5.88 Å². The molecule has 0 aliphatic carbocycles. The molecule has 0 saturated carbocycles. The molecule has 1 unspecified atom stereocenters. The quantitative estimate of drug-likeness (QED) is 0.736. The molecule has 0 saturated heterocycles. The molecule has 70 valence electrons. The Balaban J connectivity index is 3.11. The highest BCUT2D eigenvalue weighted by Gasteiger charge is 2.31. The Kier molecular flexibility index (Phi) is 2.94. The second-order valence-electron chi connectivity index (χ2n) is 3.20. The molecule has 0 spiro atoms. The molecular formula is C10H12ClNO. The normalized spacial score (nSPS) is 14.9. The van der Waals surface area contributed by atoms with Crippen molar-refractivity contribution < 1.29 is 4.79 Å². The zero-order valence-electron chi connectivity index (χ0n) is 7.46. The molecular weight excluding hydrogens is 186 g/mol. The van der Waals surface area contributed by atoms with Gasteiger partial charge in [0, 0.05) is 5.88 Å². The SMILES string of the molecule is CC(CCl)(C(N)=O)c1ccccc1. The van der Waals surface area contributed by atoms with E-state index < -0.39 is 11.3 Å². The maximum absolute atomic E-state index is 11.2. The van der Waals surface area contributed by atoms with Crippen molar-refractivity contribution in [2.75, 3.05) is 5.88 Å². The van der Waals surface area contributed by atoms with E-state index in [0.29, 0.717) is 0 Å². The number of hydrogen-bond donors (Lipinski definition) is 1. The first-order chi connectivity index (χ1) is 6.11. The van der Waals surface area contributed by atoms with E-state index in [1.165, 1.54) is 0 Å².